The molecule has 0 N–H and O–H groups in total. The molecule has 1 saturated carbocycles. The first-order chi connectivity index (χ1) is 9.71. The normalized spacial score (nSPS) is 30.6. The molecule has 2 fully saturated rings. The second-order valence-electron chi connectivity index (χ2n) is 6.25. The minimum atomic E-state index is -0.248. The van der Waals surface area contributed by atoms with Crippen molar-refractivity contribution in [3.63, 3.8) is 0 Å². The summed E-state index contributed by atoms with van der Waals surface area (Å²) in [6.07, 6.45) is 9.40. The molecule has 0 bridgehead atoms. The molecule has 20 heavy (non-hydrogen) atoms. The van der Waals surface area contributed by atoms with Crippen molar-refractivity contribution in [2.24, 2.45) is 11.8 Å². The number of rotatable bonds is 5. The molecule has 3 aliphatic rings. The van der Waals surface area contributed by atoms with Crippen molar-refractivity contribution >= 4 is 5.97 Å². The van der Waals surface area contributed by atoms with Gasteiger partial charge in [0.2, 0.25) is 0 Å². The number of ether oxygens (including phenoxy) is 3. The van der Waals surface area contributed by atoms with E-state index in [9.17, 15) is 4.79 Å². The fraction of sp³-hybridized carbons (Fsp3) is 0.812. The summed E-state index contributed by atoms with van der Waals surface area (Å²) in [5, 5.41) is 0. The number of unbranched alkanes of at least 4 members (excludes halogenated alkanes) is 1. The maximum absolute atomic E-state index is 11.0. The quantitative estimate of drug-likeness (QED) is 0.441. The van der Waals surface area contributed by atoms with Crippen LogP contribution in [0.1, 0.15) is 44.9 Å². The molecular weight excluding hydrogens is 256 g/mol. The number of carbonyl (C=O) groups excluding carboxylic acids is 1. The third kappa shape index (κ3) is 2.91. The van der Waals surface area contributed by atoms with Crippen LogP contribution in [0.15, 0.2) is 11.6 Å². The van der Waals surface area contributed by atoms with E-state index >= 15 is 0 Å². The third-order valence-electron chi connectivity index (χ3n) is 4.87. The van der Waals surface area contributed by atoms with Crippen LogP contribution >= 0.6 is 0 Å². The van der Waals surface area contributed by atoms with Crippen molar-refractivity contribution < 1.29 is 19.0 Å². The van der Waals surface area contributed by atoms with Gasteiger partial charge >= 0.3 is 5.97 Å². The molecule has 1 heterocycles. The highest BCUT2D eigenvalue weighted by molar-refractivity contribution is 5.68. The lowest BCUT2D eigenvalue weighted by atomic mass is 9.98. The van der Waals surface area contributed by atoms with Gasteiger partial charge in [0, 0.05) is 19.3 Å². The van der Waals surface area contributed by atoms with Gasteiger partial charge in [-0.2, -0.15) is 0 Å². The van der Waals surface area contributed by atoms with Crippen LogP contribution in [0.25, 0.3) is 0 Å². The van der Waals surface area contributed by atoms with Crippen LogP contribution < -0.4 is 0 Å². The summed E-state index contributed by atoms with van der Waals surface area (Å²) in [5.74, 6) is 1.01. The molecule has 2 aliphatic carbocycles. The smallest absolute Gasteiger partial charge is 0.305 e. The van der Waals surface area contributed by atoms with E-state index in [1.165, 1.54) is 13.5 Å². The van der Waals surface area contributed by atoms with Crippen LogP contribution in [0.3, 0.4) is 0 Å². The van der Waals surface area contributed by atoms with Gasteiger partial charge in [0.25, 0.3) is 0 Å². The molecular formula is C16H24O4. The molecule has 0 aromatic rings. The summed E-state index contributed by atoms with van der Waals surface area (Å²) < 4.78 is 16.3. The van der Waals surface area contributed by atoms with Crippen LogP contribution in [0, 0.1) is 11.8 Å². The largest absolute Gasteiger partial charge is 0.469 e. The molecule has 0 aromatic heterocycles. The molecule has 0 unspecified atom stereocenters. The number of methoxy groups -OCH3 is 1. The van der Waals surface area contributed by atoms with E-state index in [0.717, 1.165) is 45.3 Å². The number of hydrogen-bond acceptors (Lipinski definition) is 4. The first-order valence-corrected chi connectivity index (χ1v) is 7.75. The van der Waals surface area contributed by atoms with E-state index < -0.39 is 0 Å². The summed E-state index contributed by atoms with van der Waals surface area (Å²) in [5.41, 5.74) is 1.57. The summed E-state index contributed by atoms with van der Waals surface area (Å²) in [7, 11) is 1.45. The van der Waals surface area contributed by atoms with Gasteiger partial charge in [-0.15, -0.1) is 0 Å². The van der Waals surface area contributed by atoms with Gasteiger partial charge in [0.1, 0.15) is 0 Å². The van der Waals surface area contributed by atoms with Crippen LogP contribution in [0.4, 0.5) is 0 Å². The van der Waals surface area contributed by atoms with E-state index in [0.29, 0.717) is 18.3 Å². The Hall–Kier alpha value is -0.870. The minimum Gasteiger partial charge on any atom is -0.469 e. The fourth-order valence-electron chi connectivity index (χ4n) is 3.93. The Morgan fingerprint density at radius 3 is 2.85 bits per heavy atom. The average molecular weight is 280 g/mol. The molecule has 1 aliphatic heterocycles. The second-order valence-corrected chi connectivity index (χ2v) is 6.25. The van der Waals surface area contributed by atoms with Crippen molar-refractivity contribution in [1.82, 2.24) is 0 Å². The standard InChI is InChI=1S/C16H24O4/c1-18-15(17)5-3-2-4-12-8-13-10-16(11-14(13)9-12)19-6-7-20-16/h8,13-14H,2-7,9-11H2,1H3/t13-,14+/m1/s1. The SMILES string of the molecule is COC(=O)CCCCC1=C[C@@H]2CC3(C[C@@H]2C1)OCCO3. The Morgan fingerprint density at radius 2 is 2.15 bits per heavy atom. The van der Waals surface area contributed by atoms with Crippen molar-refractivity contribution in [2.75, 3.05) is 20.3 Å². The Bertz CT molecular complexity index is 395. The predicted octanol–water partition coefficient (Wildman–Crippen LogP) is 2.82. The van der Waals surface area contributed by atoms with E-state index in [1.54, 1.807) is 5.57 Å². The molecule has 0 aromatic carbocycles. The van der Waals surface area contributed by atoms with Gasteiger partial charge in [-0.1, -0.05) is 11.6 Å². The molecule has 112 valence electrons. The monoisotopic (exact) mass is 280 g/mol. The predicted molar refractivity (Wildman–Crippen MR) is 74.0 cm³/mol. The molecule has 4 nitrogen and oxygen atoms in total. The lowest BCUT2D eigenvalue weighted by Crippen LogP contribution is -2.26. The summed E-state index contributed by atoms with van der Waals surface area (Å²) in [6, 6.07) is 0. The number of carbonyl (C=O) groups is 1. The molecule has 0 radical (unpaired) electrons. The molecule has 1 saturated heterocycles. The summed E-state index contributed by atoms with van der Waals surface area (Å²) in [4.78, 5) is 11.0. The van der Waals surface area contributed by atoms with Crippen molar-refractivity contribution in [1.29, 1.82) is 0 Å². The Kier molecular flexibility index (Phi) is 4.13. The number of fused-ring (bicyclic) bond motifs is 1. The van der Waals surface area contributed by atoms with Gasteiger partial charge in [-0.3, -0.25) is 4.79 Å². The van der Waals surface area contributed by atoms with Gasteiger partial charge < -0.3 is 14.2 Å². The molecule has 4 heteroatoms. The van der Waals surface area contributed by atoms with E-state index in [-0.39, 0.29) is 11.8 Å². The zero-order chi connectivity index (χ0) is 14.0. The molecule has 3 rings (SSSR count). The highest BCUT2D eigenvalue weighted by Gasteiger charge is 2.50. The first kappa shape index (κ1) is 14.1. The Labute approximate surface area is 120 Å². The van der Waals surface area contributed by atoms with Crippen LogP contribution in [-0.4, -0.2) is 32.1 Å². The first-order valence-electron chi connectivity index (χ1n) is 7.75. The Balaban J connectivity index is 1.42. The van der Waals surface area contributed by atoms with Crippen LogP contribution in [-0.2, 0) is 19.0 Å². The number of allylic oxidation sites excluding steroid dienone is 2. The molecule has 1 spiro atoms. The summed E-state index contributed by atoms with van der Waals surface area (Å²) in [6.45, 7) is 1.51. The van der Waals surface area contributed by atoms with Crippen molar-refractivity contribution in [3.8, 4) is 0 Å². The van der Waals surface area contributed by atoms with Gasteiger partial charge in [-0.05, 0) is 37.5 Å². The van der Waals surface area contributed by atoms with E-state index in [2.05, 4.69) is 10.8 Å². The zero-order valence-corrected chi connectivity index (χ0v) is 12.2. The fourth-order valence-corrected chi connectivity index (χ4v) is 3.93. The Morgan fingerprint density at radius 1 is 1.35 bits per heavy atom. The molecule has 0 amide bonds. The van der Waals surface area contributed by atoms with Gasteiger partial charge in [0.15, 0.2) is 5.79 Å². The number of hydrogen-bond donors (Lipinski definition) is 0. The molecule has 2 atom stereocenters. The maximum Gasteiger partial charge on any atom is 0.305 e. The lowest BCUT2D eigenvalue weighted by Gasteiger charge is -2.22. The highest BCUT2D eigenvalue weighted by atomic mass is 16.7. The third-order valence-corrected chi connectivity index (χ3v) is 4.87. The van der Waals surface area contributed by atoms with Crippen molar-refractivity contribution in [2.45, 2.75) is 50.7 Å². The number of esters is 1. The van der Waals surface area contributed by atoms with E-state index in [1.807, 2.05) is 0 Å². The summed E-state index contributed by atoms with van der Waals surface area (Å²) >= 11 is 0. The van der Waals surface area contributed by atoms with Crippen molar-refractivity contribution in [3.05, 3.63) is 11.6 Å². The van der Waals surface area contributed by atoms with E-state index in [4.69, 9.17) is 9.47 Å². The minimum absolute atomic E-state index is 0.0975. The van der Waals surface area contributed by atoms with Crippen LogP contribution in [0.2, 0.25) is 0 Å². The average Bonchev–Trinajstić information content (AvgIpc) is 3.10. The van der Waals surface area contributed by atoms with Gasteiger partial charge in [-0.25, -0.2) is 0 Å². The highest BCUT2D eigenvalue weighted by Crippen LogP contribution is 2.51. The lowest BCUT2D eigenvalue weighted by molar-refractivity contribution is -0.153. The topological polar surface area (TPSA) is 44.8 Å². The maximum atomic E-state index is 11.0. The zero-order valence-electron chi connectivity index (χ0n) is 12.2. The van der Waals surface area contributed by atoms with Gasteiger partial charge in [0.05, 0.1) is 20.3 Å². The van der Waals surface area contributed by atoms with Crippen LogP contribution in [0.5, 0.6) is 0 Å². The second kappa shape index (κ2) is 5.86.